The molecule has 4 amide bonds. The van der Waals surface area contributed by atoms with Gasteiger partial charge in [0.25, 0.3) is 0 Å². The maximum atomic E-state index is 12.4. The fourth-order valence-electron chi connectivity index (χ4n) is 4.92. The zero-order valence-corrected chi connectivity index (χ0v) is 26.8. The van der Waals surface area contributed by atoms with Crippen molar-refractivity contribution in [2.24, 2.45) is 0 Å². The van der Waals surface area contributed by atoms with Gasteiger partial charge in [-0.2, -0.15) is 0 Å². The topological polar surface area (TPSA) is 169 Å². The first-order chi connectivity index (χ1) is 24.1. The molecule has 0 aliphatic rings. The molecule has 2 aromatic carbocycles. The van der Waals surface area contributed by atoms with Crippen molar-refractivity contribution in [2.75, 3.05) is 36.9 Å². The molecule has 6 aromatic rings. The summed E-state index contributed by atoms with van der Waals surface area (Å²) in [5.41, 5.74) is 5.54. The monoisotopic (exact) mass is 656 g/mol. The van der Waals surface area contributed by atoms with Crippen LogP contribution in [0.15, 0.2) is 97.3 Å². The van der Waals surface area contributed by atoms with Crippen molar-refractivity contribution in [3.8, 4) is 22.5 Å². The molecule has 0 unspecified atom stereocenters. The van der Waals surface area contributed by atoms with Crippen molar-refractivity contribution in [2.45, 2.75) is 25.7 Å². The largest absolute Gasteiger partial charge is 0.381 e. The molecular weight excluding hydrogens is 620 g/mol. The Morgan fingerprint density at radius 1 is 0.531 bits per heavy atom. The zero-order valence-electron chi connectivity index (χ0n) is 26.8. The van der Waals surface area contributed by atoms with Gasteiger partial charge < -0.3 is 15.4 Å². The number of nitrogens with zero attached hydrogens (tertiary/aromatic N) is 6. The summed E-state index contributed by atoms with van der Waals surface area (Å²) < 4.78 is 5.70. The van der Waals surface area contributed by atoms with Gasteiger partial charge in [-0.3, -0.25) is 20.6 Å². The van der Waals surface area contributed by atoms with Crippen LogP contribution < -0.4 is 21.3 Å². The highest BCUT2D eigenvalue weighted by molar-refractivity contribution is 5.90. The van der Waals surface area contributed by atoms with E-state index < -0.39 is 0 Å². The third-order valence-electron chi connectivity index (χ3n) is 7.44. The van der Waals surface area contributed by atoms with Gasteiger partial charge in [0, 0.05) is 37.4 Å². The van der Waals surface area contributed by atoms with Gasteiger partial charge in [-0.25, -0.2) is 29.5 Å². The standard InChI is InChI=1S/C36H36N10O3/c47-35(45-31-17-15-27-33(43-31)41-29(23-39-27)25-11-3-1-4-12-25)37-19-7-9-21-49-22-10-8-20-38-36(48)46-32-18-16-28-34(44-32)42-30(24-40-28)26-13-5-2-6-14-26/h1-6,11-18,23-24H,7-10,19-22H2,(H2,37,41,43,45,47)(H2,38,42,44,46,48). The van der Waals surface area contributed by atoms with Crippen LogP contribution in [0.2, 0.25) is 0 Å². The van der Waals surface area contributed by atoms with Gasteiger partial charge >= 0.3 is 12.1 Å². The molecule has 4 N–H and O–H groups in total. The lowest BCUT2D eigenvalue weighted by molar-refractivity contribution is 0.127. The highest BCUT2D eigenvalue weighted by atomic mass is 16.5. The predicted octanol–water partition coefficient (Wildman–Crippen LogP) is 6.22. The molecular formula is C36H36N10O3. The quantitative estimate of drug-likeness (QED) is 0.0995. The number of urea groups is 2. The van der Waals surface area contributed by atoms with Crippen LogP contribution in [0.3, 0.4) is 0 Å². The number of aromatic nitrogens is 6. The molecule has 13 nitrogen and oxygen atoms in total. The molecule has 0 saturated heterocycles. The Morgan fingerprint density at radius 3 is 1.43 bits per heavy atom. The van der Waals surface area contributed by atoms with Gasteiger partial charge in [0.2, 0.25) is 0 Å². The van der Waals surface area contributed by atoms with Gasteiger partial charge in [0.1, 0.15) is 22.7 Å². The molecule has 0 aliphatic heterocycles. The summed E-state index contributed by atoms with van der Waals surface area (Å²) >= 11 is 0. The first kappa shape index (κ1) is 32.8. The fraction of sp³-hybridized carbons (Fsp3) is 0.222. The van der Waals surface area contributed by atoms with Crippen LogP contribution in [0.4, 0.5) is 21.2 Å². The SMILES string of the molecule is O=C(NCCCCOCCCCNC(=O)Nc1ccc2ncc(-c3ccccc3)nc2n1)Nc1ccc2ncc(-c3ccccc3)nc2n1. The number of nitrogens with one attached hydrogen (secondary N) is 4. The molecule has 6 rings (SSSR count). The summed E-state index contributed by atoms with van der Waals surface area (Å²) in [7, 11) is 0. The minimum Gasteiger partial charge on any atom is -0.381 e. The van der Waals surface area contributed by atoms with Crippen molar-refractivity contribution >= 4 is 46.0 Å². The zero-order chi connectivity index (χ0) is 33.7. The van der Waals surface area contributed by atoms with Crippen LogP contribution >= 0.6 is 0 Å². The van der Waals surface area contributed by atoms with Gasteiger partial charge in [0.15, 0.2) is 11.3 Å². The Kier molecular flexibility index (Phi) is 11.2. The number of ether oxygens (including phenoxy) is 1. The number of benzene rings is 2. The number of rotatable bonds is 14. The first-order valence-corrected chi connectivity index (χ1v) is 16.2. The lowest BCUT2D eigenvalue weighted by Gasteiger charge is -2.09. The van der Waals surface area contributed by atoms with Crippen molar-refractivity contribution in [3.63, 3.8) is 0 Å². The maximum Gasteiger partial charge on any atom is 0.320 e. The second kappa shape index (κ2) is 16.7. The summed E-state index contributed by atoms with van der Waals surface area (Å²) in [5, 5.41) is 11.2. The van der Waals surface area contributed by atoms with Gasteiger partial charge in [-0.05, 0) is 49.9 Å². The number of pyridine rings is 2. The molecule has 4 aromatic heterocycles. The molecule has 248 valence electrons. The average molecular weight is 657 g/mol. The molecule has 13 heteroatoms. The van der Waals surface area contributed by atoms with Crippen LogP contribution in [0.1, 0.15) is 25.7 Å². The number of carbonyl (C=O) groups excluding carboxylic acids is 2. The Balaban J connectivity index is 0.812. The summed E-state index contributed by atoms with van der Waals surface area (Å²) in [4.78, 5) is 51.7. The number of anilines is 2. The van der Waals surface area contributed by atoms with Crippen LogP contribution in [0.25, 0.3) is 44.8 Å². The Hall–Kier alpha value is -6.08. The van der Waals surface area contributed by atoms with E-state index in [0.29, 0.717) is 71.7 Å². The van der Waals surface area contributed by atoms with E-state index in [0.717, 1.165) is 36.8 Å². The number of hydrogen-bond donors (Lipinski definition) is 4. The normalized spacial score (nSPS) is 10.9. The van der Waals surface area contributed by atoms with E-state index in [4.69, 9.17) is 4.74 Å². The van der Waals surface area contributed by atoms with Crippen molar-refractivity contribution in [3.05, 3.63) is 97.3 Å². The molecule has 0 radical (unpaired) electrons. The molecule has 0 fully saturated rings. The number of amides is 4. The van der Waals surface area contributed by atoms with Crippen LogP contribution in [-0.2, 0) is 4.74 Å². The lowest BCUT2D eigenvalue weighted by atomic mass is 10.2. The van der Waals surface area contributed by atoms with Crippen LogP contribution in [0, 0.1) is 0 Å². The van der Waals surface area contributed by atoms with E-state index in [1.165, 1.54) is 0 Å². The van der Waals surface area contributed by atoms with E-state index in [1.807, 2.05) is 60.7 Å². The maximum absolute atomic E-state index is 12.4. The summed E-state index contributed by atoms with van der Waals surface area (Å²) in [6, 6.07) is 25.8. The van der Waals surface area contributed by atoms with Crippen LogP contribution in [0.5, 0.6) is 0 Å². The summed E-state index contributed by atoms with van der Waals surface area (Å²) in [6.07, 6.45) is 6.59. The Morgan fingerprint density at radius 2 is 0.980 bits per heavy atom. The lowest BCUT2D eigenvalue weighted by Crippen LogP contribution is -2.30. The highest BCUT2D eigenvalue weighted by Gasteiger charge is 2.09. The van der Waals surface area contributed by atoms with E-state index in [-0.39, 0.29) is 12.1 Å². The molecule has 0 spiro atoms. The van der Waals surface area contributed by atoms with Crippen LogP contribution in [-0.4, -0.2) is 68.3 Å². The Bertz CT molecular complexity index is 1870. The number of fused-ring (bicyclic) bond motifs is 2. The third-order valence-corrected chi connectivity index (χ3v) is 7.44. The summed E-state index contributed by atoms with van der Waals surface area (Å²) in [6.45, 7) is 2.20. The molecule has 0 atom stereocenters. The smallest absolute Gasteiger partial charge is 0.320 e. The molecule has 0 aliphatic carbocycles. The van der Waals surface area contributed by atoms with Crippen molar-refractivity contribution < 1.29 is 14.3 Å². The average Bonchev–Trinajstić information content (AvgIpc) is 3.14. The molecule has 49 heavy (non-hydrogen) atoms. The molecule has 0 bridgehead atoms. The van der Waals surface area contributed by atoms with Crippen molar-refractivity contribution in [1.29, 1.82) is 0 Å². The van der Waals surface area contributed by atoms with Gasteiger partial charge in [-0.1, -0.05) is 60.7 Å². The summed E-state index contributed by atoms with van der Waals surface area (Å²) in [5.74, 6) is 0.801. The minimum absolute atomic E-state index is 0.334. The number of hydrogen-bond acceptors (Lipinski definition) is 9. The second-order valence-electron chi connectivity index (χ2n) is 11.1. The first-order valence-electron chi connectivity index (χ1n) is 16.2. The molecule has 0 saturated carbocycles. The second-order valence-corrected chi connectivity index (χ2v) is 11.1. The fourth-order valence-corrected chi connectivity index (χ4v) is 4.92. The van der Waals surface area contributed by atoms with E-state index in [9.17, 15) is 9.59 Å². The van der Waals surface area contributed by atoms with E-state index in [1.54, 1.807) is 36.7 Å². The number of unbranched alkanes of at least 4 members (excludes halogenated alkanes) is 2. The number of carbonyl (C=O) groups is 2. The van der Waals surface area contributed by atoms with Gasteiger partial charge in [-0.15, -0.1) is 0 Å². The van der Waals surface area contributed by atoms with E-state index in [2.05, 4.69) is 51.2 Å². The Labute approximate surface area is 283 Å². The predicted molar refractivity (Wildman–Crippen MR) is 189 cm³/mol. The molecule has 4 heterocycles. The van der Waals surface area contributed by atoms with Crippen molar-refractivity contribution in [1.82, 2.24) is 40.5 Å². The third kappa shape index (κ3) is 9.49. The van der Waals surface area contributed by atoms with Gasteiger partial charge in [0.05, 0.1) is 23.8 Å². The minimum atomic E-state index is -0.334. The van der Waals surface area contributed by atoms with E-state index >= 15 is 0 Å². The highest BCUT2D eigenvalue weighted by Crippen LogP contribution is 2.20.